The molecule has 0 bridgehead atoms. The molecule has 1 aliphatic rings. The third-order valence-corrected chi connectivity index (χ3v) is 3.30. The van der Waals surface area contributed by atoms with Crippen LogP contribution >= 0.6 is 23.2 Å². The van der Waals surface area contributed by atoms with Crippen molar-refractivity contribution in [3.63, 3.8) is 0 Å². The number of hydrogen-bond acceptors (Lipinski definition) is 2. The van der Waals surface area contributed by atoms with Crippen LogP contribution < -0.4 is 11.1 Å². The summed E-state index contributed by atoms with van der Waals surface area (Å²) in [4.78, 5) is 0. The average Bonchev–Trinajstić information content (AvgIpc) is 2.10. The highest BCUT2D eigenvalue weighted by molar-refractivity contribution is 6.43. The fraction of sp³-hybridized carbons (Fsp3) is 0.400. The Morgan fingerprint density at radius 3 is 2.64 bits per heavy atom. The van der Waals surface area contributed by atoms with Crippen LogP contribution in [0.5, 0.6) is 0 Å². The smallest absolute Gasteiger partial charge is 0.0823 e. The third kappa shape index (κ3) is 1.97. The standard InChI is InChI=1S/C10H12Cl2N2/c11-8-2-1-3-9(10(8)12)14-7-4-6(13)5-7/h1-3,6-7,14H,4-5,13H2. The molecule has 3 N–H and O–H groups in total. The van der Waals surface area contributed by atoms with E-state index in [0.717, 1.165) is 18.5 Å². The van der Waals surface area contributed by atoms with Crippen molar-refractivity contribution >= 4 is 28.9 Å². The lowest BCUT2D eigenvalue weighted by molar-refractivity contribution is 0.374. The fourth-order valence-electron chi connectivity index (χ4n) is 1.61. The Bertz CT molecular complexity index is 335. The van der Waals surface area contributed by atoms with Gasteiger partial charge in [0.25, 0.3) is 0 Å². The van der Waals surface area contributed by atoms with Gasteiger partial charge in [0.2, 0.25) is 0 Å². The number of nitrogens with two attached hydrogens (primary N) is 1. The van der Waals surface area contributed by atoms with Gasteiger partial charge in [-0.3, -0.25) is 0 Å². The van der Waals surface area contributed by atoms with Gasteiger partial charge in [-0.15, -0.1) is 0 Å². The van der Waals surface area contributed by atoms with Crippen LogP contribution in [0.2, 0.25) is 10.0 Å². The topological polar surface area (TPSA) is 38.0 Å². The Balaban J connectivity index is 2.06. The number of rotatable bonds is 2. The molecule has 0 unspecified atom stereocenters. The molecule has 0 aromatic heterocycles. The van der Waals surface area contributed by atoms with Crippen molar-refractivity contribution in [1.29, 1.82) is 0 Å². The van der Waals surface area contributed by atoms with Crippen molar-refractivity contribution in [3.8, 4) is 0 Å². The summed E-state index contributed by atoms with van der Waals surface area (Å²) < 4.78 is 0. The average molecular weight is 231 g/mol. The molecule has 1 aromatic carbocycles. The molecule has 0 atom stereocenters. The number of halogens is 2. The predicted molar refractivity (Wildman–Crippen MR) is 61.1 cm³/mol. The molecule has 0 aliphatic heterocycles. The molecule has 0 radical (unpaired) electrons. The van der Waals surface area contributed by atoms with Gasteiger partial charge < -0.3 is 11.1 Å². The SMILES string of the molecule is NC1CC(Nc2cccc(Cl)c2Cl)C1. The third-order valence-electron chi connectivity index (χ3n) is 2.49. The maximum absolute atomic E-state index is 6.03. The van der Waals surface area contributed by atoms with Crippen LogP contribution in [-0.4, -0.2) is 12.1 Å². The second-order valence-corrected chi connectivity index (χ2v) is 4.46. The van der Waals surface area contributed by atoms with Gasteiger partial charge in [0.05, 0.1) is 15.7 Å². The van der Waals surface area contributed by atoms with Gasteiger partial charge in [-0.25, -0.2) is 0 Å². The van der Waals surface area contributed by atoms with Crippen molar-refractivity contribution in [2.75, 3.05) is 5.32 Å². The first kappa shape index (κ1) is 10.1. The summed E-state index contributed by atoms with van der Waals surface area (Å²) in [5.74, 6) is 0. The van der Waals surface area contributed by atoms with Crippen LogP contribution in [0, 0.1) is 0 Å². The van der Waals surface area contributed by atoms with Gasteiger partial charge in [-0.1, -0.05) is 29.3 Å². The number of nitrogens with one attached hydrogen (secondary N) is 1. The quantitative estimate of drug-likeness (QED) is 0.821. The largest absolute Gasteiger partial charge is 0.381 e. The normalized spacial score (nSPS) is 25.6. The predicted octanol–water partition coefficient (Wildman–Crippen LogP) is 2.90. The molecule has 1 saturated carbocycles. The Kier molecular flexibility index (Phi) is 2.86. The van der Waals surface area contributed by atoms with Gasteiger partial charge in [0.15, 0.2) is 0 Å². The maximum atomic E-state index is 6.03. The molecule has 76 valence electrons. The summed E-state index contributed by atoms with van der Waals surface area (Å²) in [7, 11) is 0. The molecule has 4 heteroatoms. The second kappa shape index (κ2) is 3.97. The van der Waals surface area contributed by atoms with Crippen LogP contribution in [-0.2, 0) is 0 Å². The highest BCUT2D eigenvalue weighted by Gasteiger charge is 2.26. The zero-order valence-electron chi connectivity index (χ0n) is 7.63. The van der Waals surface area contributed by atoms with Crippen molar-refractivity contribution in [1.82, 2.24) is 0 Å². The van der Waals surface area contributed by atoms with Gasteiger partial charge in [0, 0.05) is 12.1 Å². The lowest BCUT2D eigenvalue weighted by Gasteiger charge is -2.34. The lowest BCUT2D eigenvalue weighted by Crippen LogP contribution is -2.44. The van der Waals surface area contributed by atoms with Gasteiger partial charge in [-0.05, 0) is 25.0 Å². The molecule has 0 heterocycles. The first-order chi connectivity index (χ1) is 6.66. The molecule has 1 aromatic rings. The Morgan fingerprint density at radius 2 is 2.00 bits per heavy atom. The summed E-state index contributed by atoms with van der Waals surface area (Å²) in [6.07, 6.45) is 2.01. The van der Waals surface area contributed by atoms with Gasteiger partial charge >= 0.3 is 0 Å². The van der Waals surface area contributed by atoms with E-state index in [0.29, 0.717) is 22.1 Å². The zero-order chi connectivity index (χ0) is 10.1. The van der Waals surface area contributed by atoms with Crippen molar-refractivity contribution < 1.29 is 0 Å². The maximum Gasteiger partial charge on any atom is 0.0823 e. The summed E-state index contributed by atoms with van der Waals surface area (Å²) in [5.41, 5.74) is 6.59. The molecule has 2 nitrogen and oxygen atoms in total. The van der Waals surface area contributed by atoms with E-state index < -0.39 is 0 Å². The monoisotopic (exact) mass is 230 g/mol. The summed E-state index contributed by atoms with van der Waals surface area (Å²) in [6, 6.07) is 6.38. The van der Waals surface area contributed by atoms with Gasteiger partial charge in [0.1, 0.15) is 0 Å². The molecule has 1 fully saturated rings. The van der Waals surface area contributed by atoms with E-state index in [-0.39, 0.29) is 0 Å². The molecular weight excluding hydrogens is 219 g/mol. The van der Waals surface area contributed by atoms with Crippen LogP contribution in [0.25, 0.3) is 0 Å². The molecule has 14 heavy (non-hydrogen) atoms. The first-order valence-corrected chi connectivity index (χ1v) is 5.38. The van der Waals surface area contributed by atoms with E-state index in [1.807, 2.05) is 12.1 Å². The number of benzene rings is 1. The highest BCUT2D eigenvalue weighted by atomic mass is 35.5. The van der Waals surface area contributed by atoms with Gasteiger partial charge in [-0.2, -0.15) is 0 Å². The van der Waals surface area contributed by atoms with Crippen LogP contribution in [0.15, 0.2) is 18.2 Å². The molecular formula is C10H12Cl2N2. The van der Waals surface area contributed by atoms with Crippen molar-refractivity contribution in [3.05, 3.63) is 28.2 Å². The van der Waals surface area contributed by atoms with E-state index >= 15 is 0 Å². The Hall–Kier alpha value is -0.440. The van der Waals surface area contributed by atoms with Crippen LogP contribution in [0.4, 0.5) is 5.69 Å². The van der Waals surface area contributed by atoms with E-state index in [4.69, 9.17) is 28.9 Å². The van der Waals surface area contributed by atoms with Crippen LogP contribution in [0.3, 0.4) is 0 Å². The second-order valence-electron chi connectivity index (χ2n) is 3.67. The lowest BCUT2D eigenvalue weighted by atomic mass is 9.87. The first-order valence-electron chi connectivity index (χ1n) is 4.63. The minimum atomic E-state index is 0.338. The minimum Gasteiger partial charge on any atom is -0.381 e. The Morgan fingerprint density at radius 1 is 1.29 bits per heavy atom. The summed E-state index contributed by atoms with van der Waals surface area (Å²) in [6.45, 7) is 0. The van der Waals surface area contributed by atoms with Crippen LogP contribution in [0.1, 0.15) is 12.8 Å². The highest BCUT2D eigenvalue weighted by Crippen LogP contribution is 2.32. The molecule has 0 spiro atoms. The van der Waals surface area contributed by atoms with E-state index in [1.54, 1.807) is 6.07 Å². The number of anilines is 1. The molecule has 2 rings (SSSR count). The van der Waals surface area contributed by atoms with Crippen molar-refractivity contribution in [2.24, 2.45) is 5.73 Å². The summed E-state index contributed by atoms with van der Waals surface area (Å²) in [5, 5.41) is 4.50. The molecule has 0 amide bonds. The zero-order valence-corrected chi connectivity index (χ0v) is 9.15. The molecule has 0 saturated heterocycles. The summed E-state index contributed by atoms with van der Waals surface area (Å²) >= 11 is 11.9. The number of hydrogen-bond donors (Lipinski definition) is 2. The van der Waals surface area contributed by atoms with E-state index in [9.17, 15) is 0 Å². The Labute approximate surface area is 93.4 Å². The minimum absolute atomic E-state index is 0.338. The van der Waals surface area contributed by atoms with E-state index in [1.165, 1.54) is 0 Å². The van der Waals surface area contributed by atoms with Crippen molar-refractivity contribution in [2.45, 2.75) is 24.9 Å². The molecule has 1 aliphatic carbocycles. The fourth-order valence-corrected chi connectivity index (χ4v) is 1.97. The van der Waals surface area contributed by atoms with E-state index in [2.05, 4.69) is 5.32 Å².